The van der Waals surface area contributed by atoms with Crippen LogP contribution in [-0.4, -0.2) is 31.7 Å². The molecular formula is C22H30FNO2. The highest BCUT2D eigenvalue weighted by Crippen LogP contribution is 2.18. The Morgan fingerprint density at radius 1 is 1.50 bits per heavy atom. The molecule has 0 saturated heterocycles. The van der Waals surface area contributed by atoms with Crippen LogP contribution in [0.5, 0.6) is 0 Å². The quantitative estimate of drug-likeness (QED) is 0.286. The van der Waals surface area contributed by atoms with Gasteiger partial charge in [0.05, 0.1) is 6.10 Å². The predicted octanol–water partition coefficient (Wildman–Crippen LogP) is 4.43. The minimum Gasteiger partial charge on any atom is -0.490 e. The van der Waals surface area contributed by atoms with E-state index in [0.29, 0.717) is 18.6 Å². The second-order valence-electron chi connectivity index (χ2n) is 6.38. The smallest absolute Gasteiger partial charge is 0.156 e. The van der Waals surface area contributed by atoms with Crippen LogP contribution in [0.3, 0.4) is 0 Å². The van der Waals surface area contributed by atoms with E-state index in [1.54, 1.807) is 12.2 Å². The van der Waals surface area contributed by atoms with Gasteiger partial charge in [-0.15, -0.1) is 0 Å². The summed E-state index contributed by atoms with van der Waals surface area (Å²) in [5.74, 6) is 6.51. The Morgan fingerprint density at radius 2 is 2.27 bits per heavy atom. The van der Waals surface area contributed by atoms with Crippen LogP contribution in [0.15, 0.2) is 47.3 Å². The minimum absolute atomic E-state index is 0.0448. The van der Waals surface area contributed by atoms with Crippen molar-refractivity contribution in [1.82, 2.24) is 5.32 Å². The summed E-state index contributed by atoms with van der Waals surface area (Å²) in [6, 6.07) is 0. The number of hydrogen-bond acceptors (Lipinski definition) is 3. The largest absolute Gasteiger partial charge is 0.490 e. The summed E-state index contributed by atoms with van der Waals surface area (Å²) >= 11 is 0. The lowest BCUT2D eigenvalue weighted by molar-refractivity contribution is -0.112. The molecule has 142 valence electrons. The lowest BCUT2D eigenvalue weighted by atomic mass is 10.0. The first-order chi connectivity index (χ1) is 12.5. The van der Waals surface area contributed by atoms with Crippen molar-refractivity contribution in [2.45, 2.75) is 58.7 Å². The Bertz CT molecular complexity index is 647. The molecule has 0 aromatic carbocycles. The second kappa shape index (κ2) is 12.3. The fourth-order valence-corrected chi connectivity index (χ4v) is 2.46. The fourth-order valence-electron chi connectivity index (χ4n) is 2.46. The maximum absolute atomic E-state index is 13.3. The summed E-state index contributed by atoms with van der Waals surface area (Å²) < 4.78 is 19.3. The Balaban J connectivity index is 2.77. The Morgan fingerprint density at radius 3 is 2.88 bits per heavy atom. The molecule has 0 aromatic rings. The third kappa shape index (κ3) is 8.82. The van der Waals surface area contributed by atoms with Gasteiger partial charge in [-0.25, -0.2) is 4.39 Å². The number of rotatable bonds is 9. The molecule has 2 unspecified atom stereocenters. The fraction of sp³-hybridized carbons (Fsp3) is 0.500. The number of hydrogen-bond donors (Lipinski definition) is 1. The van der Waals surface area contributed by atoms with Crippen LogP contribution in [0, 0.1) is 11.8 Å². The summed E-state index contributed by atoms with van der Waals surface area (Å²) in [7, 11) is 1.90. The molecule has 0 spiro atoms. The molecule has 0 radical (unpaired) electrons. The second-order valence-corrected chi connectivity index (χ2v) is 6.38. The van der Waals surface area contributed by atoms with Crippen molar-refractivity contribution in [1.29, 1.82) is 0 Å². The molecule has 0 saturated carbocycles. The number of allylic oxidation sites excluding steroid dienone is 7. The van der Waals surface area contributed by atoms with Crippen LogP contribution < -0.4 is 5.32 Å². The van der Waals surface area contributed by atoms with Gasteiger partial charge in [-0.1, -0.05) is 30.9 Å². The van der Waals surface area contributed by atoms with Gasteiger partial charge in [0.2, 0.25) is 0 Å². The normalized spacial score (nSPS) is 18.7. The van der Waals surface area contributed by atoms with Gasteiger partial charge in [-0.05, 0) is 63.6 Å². The van der Waals surface area contributed by atoms with Crippen LogP contribution in [-0.2, 0) is 9.53 Å². The molecule has 0 fully saturated rings. The molecule has 0 aliphatic heterocycles. The van der Waals surface area contributed by atoms with Gasteiger partial charge in [0.1, 0.15) is 11.9 Å². The zero-order valence-electron chi connectivity index (χ0n) is 16.3. The van der Waals surface area contributed by atoms with Gasteiger partial charge in [-0.2, -0.15) is 0 Å². The average molecular weight is 359 g/mol. The van der Waals surface area contributed by atoms with Gasteiger partial charge in [-0.3, -0.25) is 4.79 Å². The molecule has 4 heteroatoms. The van der Waals surface area contributed by atoms with E-state index in [4.69, 9.17) is 4.74 Å². The van der Waals surface area contributed by atoms with Crippen molar-refractivity contribution in [3.8, 4) is 11.8 Å². The molecule has 2 atom stereocenters. The van der Waals surface area contributed by atoms with E-state index in [2.05, 4.69) is 24.1 Å². The molecule has 1 aliphatic carbocycles. The van der Waals surface area contributed by atoms with Crippen LogP contribution in [0.4, 0.5) is 4.39 Å². The van der Waals surface area contributed by atoms with E-state index >= 15 is 0 Å². The van der Waals surface area contributed by atoms with Crippen molar-refractivity contribution in [3.05, 3.63) is 47.3 Å². The summed E-state index contributed by atoms with van der Waals surface area (Å²) in [5.41, 5.74) is 1.71. The molecule has 0 bridgehead atoms. The molecule has 0 aromatic heterocycles. The highest BCUT2D eigenvalue weighted by molar-refractivity contribution is 5.88. The van der Waals surface area contributed by atoms with E-state index < -0.39 is 6.17 Å². The number of ketones is 1. The first kappa shape index (κ1) is 21.9. The number of carbonyl (C=O) groups is 1. The highest BCUT2D eigenvalue weighted by atomic mass is 19.1. The van der Waals surface area contributed by atoms with Gasteiger partial charge in [0, 0.05) is 18.9 Å². The van der Waals surface area contributed by atoms with Gasteiger partial charge < -0.3 is 10.1 Å². The molecular weight excluding hydrogens is 329 g/mol. The average Bonchev–Trinajstić information content (AvgIpc) is 2.60. The molecule has 1 N–H and O–H groups in total. The Labute approximate surface area is 157 Å². The van der Waals surface area contributed by atoms with Crippen LogP contribution in [0.1, 0.15) is 46.5 Å². The molecule has 1 rings (SSSR count). The molecule has 1 aliphatic rings. The third-order valence-corrected chi connectivity index (χ3v) is 3.96. The number of ether oxygens (including phenoxy) is 1. The maximum Gasteiger partial charge on any atom is 0.156 e. The zero-order valence-corrected chi connectivity index (χ0v) is 16.3. The van der Waals surface area contributed by atoms with E-state index in [-0.39, 0.29) is 11.9 Å². The Kier molecular flexibility index (Phi) is 10.3. The lowest BCUT2D eigenvalue weighted by Crippen LogP contribution is -2.19. The van der Waals surface area contributed by atoms with Crippen LogP contribution in [0.2, 0.25) is 0 Å². The van der Waals surface area contributed by atoms with Crippen LogP contribution in [0.25, 0.3) is 0 Å². The summed E-state index contributed by atoms with van der Waals surface area (Å²) in [6.45, 7) is 6.30. The van der Waals surface area contributed by atoms with Gasteiger partial charge in [0.25, 0.3) is 0 Å². The molecule has 0 amide bonds. The van der Waals surface area contributed by atoms with E-state index in [9.17, 15) is 9.18 Å². The molecule has 0 heterocycles. The first-order valence-electron chi connectivity index (χ1n) is 9.16. The number of carbonyl (C=O) groups excluding carboxylic acids is 1. The number of alkyl halides is 1. The number of nitrogens with one attached hydrogen (secondary N) is 1. The SMILES string of the molecule is CCC(CCNC)OC(=C/C(C)=O)/C(C)=C\C#CCC1=CC(F)CC=C1. The van der Waals surface area contributed by atoms with Crippen molar-refractivity contribution in [2.75, 3.05) is 13.6 Å². The van der Waals surface area contributed by atoms with Crippen LogP contribution >= 0.6 is 0 Å². The van der Waals surface area contributed by atoms with Gasteiger partial charge in [0.15, 0.2) is 5.78 Å². The topological polar surface area (TPSA) is 38.3 Å². The number of halogens is 1. The molecule has 3 nitrogen and oxygen atoms in total. The minimum atomic E-state index is -0.906. The van der Waals surface area contributed by atoms with Crippen molar-refractivity contribution < 1.29 is 13.9 Å². The van der Waals surface area contributed by atoms with Crippen molar-refractivity contribution in [3.63, 3.8) is 0 Å². The predicted molar refractivity (Wildman–Crippen MR) is 105 cm³/mol. The van der Waals surface area contributed by atoms with E-state index in [1.807, 2.05) is 26.1 Å². The summed E-state index contributed by atoms with van der Waals surface area (Å²) in [6.07, 6.45) is 10.4. The Hall–Kier alpha value is -2.12. The first-order valence-corrected chi connectivity index (χ1v) is 9.16. The zero-order chi connectivity index (χ0) is 19.4. The standard InChI is InChI=1S/C22H30FNO2/c1-5-21(13-14-24-4)26-22(15-18(3)25)17(2)9-6-7-10-19-11-8-12-20(23)16-19/h8-9,11,15-16,20-21,24H,5,10,12-14H2,1-4H3/b17-9-,22-15+. The van der Waals surface area contributed by atoms with Crippen molar-refractivity contribution in [2.24, 2.45) is 0 Å². The lowest BCUT2D eigenvalue weighted by Gasteiger charge is -2.20. The van der Waals surface area contributed by atoms with Crippen molar-refractivity contribution >= 4 is 5.78 Å². The van der Waals surface area contributed by atoms with Gasteiger partial charge >= 0.3 is 0 Å². The summed E-state index contributed by atoms with van der Waals surface area (Å²) in [5, 5.41) is 3.11. The monoisotopic (exact) mass is 359 g/mol. The highest BCUT2D eigenvalue weighted by Gasteiger charge is 2.11. The van der Waals surface area contributed by atoms with E-state index in [1.165, 1.54) is 13.0 Å². The van der Waals surface area contributed by atoms with E-state index in [0.717, 1.165) is 30.5 Å². The third-order valence-electron chi connectivity index (χ3n) is 3.96. The molecule has 26 heavy (non-hydrogen) atoms. The summed E-state index contributed by atoms with van der Waals surface area (Å²) in [4.78, 5) is 11.5. The maximum atomic E-state index is 13.3.